The molecule has 0 rings (SSSR count). The molecule has 1 nitrogen and oxygen atoms in total. The van der Waals surface area contributed by atoms with Crippen molar-refractivity contribution in [1.82, 2.24) is 0 Å². The van der Waals surface area contributed by atoms with Crippen LogP contribution in [-0.2, 0) is 0 Å². The molecule has 0 unspecified atom stereocenters. The van der Waals surface area contributed by atoms with E-state index in [0.717, 1.165) is 5.57 Å². The molecule has 0 aromatic rings. The molecule has 56 valence electrons. The lowest BCUT2D eigenvalue weighted by atomic mass is 10.3. The second-order valence-corrected chi connectivity index (χ2v) is 1.41. The van der Waals surface area contributed by atoms with Crippen LogP contribution in [0.2, 0.25) is 0 Å². The van der Waals surface area contributed by atoms with Crippen LogP contribution in [0, 0.1) is 0 Å². The number of rotatable bonds is 1. The topological polar surface area (TPSA) is 26.0 Å². The molecule has 0 atom stereocenters. The standard InChI is InChI=1S/C6H11N.C2H6.H2/c1-3-4-6(2)5-7;1-2;/h3-5H,7H2,1-2H3;1-2H3;1H/b4-3-,6-5-;;. The molecule has 0 amide bonds. The van der Waals surface area contributed by atoms with Gasteiger partial charge in [0.1, 0.15) is 0 Å². The largest absolute Gasteiger partial charge is 0.404 e. The van der Waals surface area contributed by atoms with Crippen LogP contribution in [0.5, 0.6) is 0 Å². The van der Waals surface area contributed by atoms with E-state index in [-0.39, 0.29) is 1.43 Å². The van der Waals surface area contributed by atoms with Crippen LogP contribution >= 0.6 is 0 Å². The summed E-state index contributed by atoms with van der Waals surface area (Å²) in [4.78, 5) is 0. The molecule has 0 radical (unpaired) electrons. The van der Waals surface area contributed by atoms with Crippen molar-refractivity contribution in [2.24, 2.45) is 5.73 Å². The van der Waals surface area contributed by atoms with Crippen LogP contribution < -0.4 is 5.73 Å². The fourth-order valence-corrected chi connectivity index (χ4v) is 0.318. The molecular weight excluding hydrogens is 110 g/mol. The van der Waals surface area contributed by atoms with Gasteiger partial charge in [0.15, 0.2) is 0 Å². The lowest BCUT2D eigenvalue weighted by Gasteiger charge is -1.81. The van der Waals surface area contributed by atoms with E-state index in [1.807, 2.05) is 39.8 Å². The highest BCUT2D eigenvalue weighted by Crippen LogP contribution is 1.88. The number of nitrogens with two attached hydrogens (primary N) is 1. The minimum absolute atomic E-state index is 0. The summed E-state index contributed by atoms with van der Waals surface area (Å²) < 4.78 is 0. The fraction of sp³-hybridized carbons (Fsp3) is 0.500. The van der Waals surface area contributed by atoms with Gasteiger partial charge < -0.3 is 5.73 Å². The third kappa shape index (κ3) is 11.1. The summed E-state index contributed by atoms with van der Waals surface area (Å²) in [7, 11) is 0. The fourth-order valence-electron chi connectivity index (χ4n) is 0.318. The minimum Gasteiger partial charge on any atom is -0.404 e. The smallest absolute Gasteiger partial charge is 0 e. The maximum atomic E-state index is 5.14. The first-order chi connectivity index (χ1) is 4.31. The predicted octanol–water partition coefficient (Wildman–Crippen LogP) is 2.70. The van der Waals surface area contributed by atoms with E-state index in [1.165, 1.54) is 0 Å². The SMILES string of the molecule is C/C=C\C(C)=C/N.CC.[HH]. The second-order valence-electron chi connectivity index (χ2n) is 1.41. The van der Waals surface area contributed by atoms with Gasteiger partial charge in [-0.15, -0.1) is 0 Å². The Labute approximate surface area is 59.7 Å². The maximum absolute atomic E-state index is 5.14. The van der Waals surface area contributed by atoms with Gasteiger partial charge >= 0.3 is 0 Å². The molecule has 2 N–H and O–H groups in total. The summed E-state index contributed by atoms with van der Waals surface area (Å²) in [6.45, 7) is 7.92. The maximum Gasteiger partial charge on any atom is 0 e. The molecule has 0 aliphatic heterocycles. The molecule has 9 heavy (non-hydrogen) atoms. The van der Waals surface area contributed by atoms with Crippen LogP contribution in [0.25, 0.3) is 0 Å². The van der Waals surface area contributed by atoms with Gasteiger partial charge in [-0.3, -0.25) is 0 Å². The average Bonchev–Trinajstić information content (AvgIpc) is 1.93. The van der Waals surface area contributed by atoms with Crippen LogP contribution in [0.1, 0.15) is 29.1 Å². The van der Waals surface area contributed by atoms with Crippen LogP contribution in [0.15, 0.2) is 23.9 Å². The highest BCUT2D eigenvalue weighted by Gasteiger charge is 1.70. The Morgan fingerprint density at radius 2 is 1.89 bits per heavy atom. The first kappa shape index (κ1) is 11.1. The Kier molecular flexibility index (Phi) is 12.7. The highest BCUT2D eigenvalue weighted by atomic mass is 14.5. The van der Waals surface area contributed by atoms with E-state index in [1.54, 1.807) is 6.20 Å². The first-order valence-corrected chi connectivity index (χ1v) is 3.32. The molecule has 0 aliphatic rings. The third-order valence-corrected chi connectivity index (χ3v) is 0.692. The van der Waals surface area contributed by atoms with Crippen molar-refractivity contribution in [2.45, 2.75) is 27.7 Å². The zero-order chi connectivity index (χ0) is 7.70. The summed E-state index contributed by atoms with van der Waals surface area (Å²) in [5, 5.41) is 0. The Balaban J connectivity index is -0.000000149. The van der Waals surface area contributed by atoms with E-state index in [0.29, 0.717) is 0 Å². The molecule has 0 aromatic heterocycles. The summed E-state index contributed by atoms with van der Waals surface area (Å²) in [6.07, 6.45) is 5.50. The van der Waals surface area contributed by atoms with Gasteiger partial charge in [-0.1, -0.05) is 26.0 Å². The monoisotopic (exact) mass is 129 g/mol. The van der Waals surface area contributed by atoms with E-state index >= 15 is 0 Å². The quantitative estimate of drug-likeness (QED) is 0.541. The van der Waals surface area contributed by atoms with Crippen LogP contribution in [0.3, 0.4) is 0 Å². The van der Waals surface area contributed by atoms with E-state index < -0.39 is 0 Å². The number of hydrogen-bond donors (Lipinski definition) is 1. The van der Waals surface area contributed by atoms with Gasteiger partial charge in [0, 0.05) is 1.43 Å². The van der Waals surface area contributed by atoms with Crippen molar-refractivity contribution in [3.8, 4) is 0 Å². The van der Waals surface area contributed by atoms with E-state index in [2.05, 4.69) is 0 Å². The first-order valence-electron chi connectivity index (χ1n) is 3.32. The van der Waals surface area contributed by atoms with Gasteiger partial charge in [0.25, 0.3) is 0 Å². The zero-order valence-corrected chi connectivity index (χ0v) is 6.81. The molecule has 0 heterocycles. The normalized spacial score (nSPS) is 10.9. The van der Waals surface area contributed by atoms with Crippen molar-refractivity contribution in [1.29, 1.82) is 0 Å². The Hall–Kier alpha value is -0.720. The molecule has 1 heteroatoms. The van der Waals surface area contributed by atoms with Gasteiger partial charge in [-0.25, -0.2) is 0 Å². The van der Waals surface area contributed by atoms with Crippen molar-refractivity contribution in [2.75, 3.05) is 0 Å². The zero-order valence-electron chi connectivity index (χ0n) is 6.81. The lowest BCUT2D eigenvalue weighted by Crippen LogP contribution is -1.78. The van der Waals surface area contributed by atoms with Gasteiger partial charge in [0.05, 0.1) is 0 Å². The Morgan fingerprint density at radius 3 is 2.00 bits per heavy atom. The number of allylic oxidation sites excluding steroid dienone is 3. The summed E-state index contributed by atoms with van der Waals surface area (Å²) in [6, 6.07) is 0. The van der Waals surface area contributed by atoms with Crippen molar-refractivity contribution in [3.05, 3.63) is 23.9 Å². The Morgan fingerprint density at radius 1 is 1.44 bits per heavy atom. The van der Waals surface area contributed by atoms with Gasteiger partial charge in [-0.2, -0.15) is 0 Å². The van der Waals surface area contributed by atoms with Crippen molar-refractivity contribution < 1.29 is 1.43 Å². The average molecular weight is 129 g/mol. The highest BCUT2D eigenvalue weighted by molar-refractivity contribution is 5.13. The molecule has 0 bridgehead atoms. The summed E-state index contributed by atoms with van der Waals surface area (Å²) in [5.74, 6) is 0. The molecule has 0 aliphatic carbocycles. The van der Waals surface area contributed by atoms with Gasteiger partial charge in [0.2, 0.25) is 0 Å². The Bertz CT molecular complexity index is 95.4. The summed E-state index contributed by atoms with van der Waals surface area (Å²) in [5.41, 5.74) is 6.24. The molecule has 0 aromatic carbocycles. The van der Waals surface area contributed by atoms with Crippen LogP contribution in [-0.4, -0.2) is 0 Å². The van der Waals surface area contributed by atoms with Crippen molar-refractivity contribution >= 4 is 0 Å². The molecule has 0 saturated carbocycles. The summed E-state index contributed by atoms with van der Waals surface area (Å²) >= 11 is 0. The molecule has 0 spiro atoms. The molecule has 0 saturated heterocycles. The minimum atomic E-state index is 0. The third-order valence-electron chi connectivity index (χ3n) is 0.692. The van der Waals surface area contributed by atoms with E-state index in [9.17, 15) is 0 Å². The number of hydrogen-bond acceptors (Lipinski definition) is 1. The second kappa shape index (κ2) is 10.3. The molecule has 0 fully saturated rings. The van der Waals surface area contributed by atoms with Gasteiger partial charge in [-0.05, 0) is 25.6 Å². The van der Waals surface area contributed by atoms with Crippen molar-refractivity contribution in [3.63, 3.8) is 0 Å². The molecular formula is C8H19N. The van der Waals surface area contributed by atoms with Crippen LogP contribution in [0.4, 0.5) is 0 Å². The van der Waals surface area contributed by atoms with E-state index in [4.69, 9.17) is 5.73 Å². The predicted molar refractivity (Wildman–Crippen MR) is 46.2 cm³/mol. The lowest BCUT2D eigenvalue weighted by molar-refractivity contribution is 1.43.